The van der Waals surface area contributed by atoms with Crippen LogP contribution in [0.25, 0.3) is 11.1 Å². The first-order valence-corrected chi connectivity index (χ1v) is 7.93. The van der Waals surface area contributed by atoms with Gasteiger partial charge in [-0.15, -0.1) is 12.4 Å². The summed E-state index contributed by atoms with van der Waals surface area (Å²) in [6.07, 6.45) is 1.81. The zero-order chi connectivity index (χ0) is 15.4. The molecule has 1 saturated heterocycles. The highest BCUT2D eigenvalue weighted by atomic mass is 35.5. The highest BCUT2D eigenvalue weighted by molar-refractivity contribution is 5.96. The van der Waals surface area contributed by atoms with Gasteiger partial charge in [0.05, 0.1) is 0 Å². The number of nitrogens with one attached hydrogen (secondary N) is 2. The summed E-state index contributed by atoms with van der Waals surface area (Å²) in [7, 11) is 0. The second-order valence-corrected chi connectivity index (χ2v) is 5.98. The monoisotopic (exact) mass is 330 g/mol. The average molecular weight is 331 g/mol. The molecule has 0 aliphatic carbocycles. The quantitative estimate of drug-likeness (QED) is 0.889. The van der Waals surface area contributed by atoms with E-state index in [2.05, 4.69) is 35.8 Å². The van der Waals surface area contributed by atoms with Crippen LogP contribution in [-0.4, -0.2) is 18.5 Å². The number of benzene rings is 2. The van der Waals surface area contributed by atoms with Gasteiger partial charge in [0.15, 0.2) is 0 Å². The molecule has 1 amide bonds. The summed E-state index contributed by atoms with van der Waals surface area (Å²) in [5.74, 6) is 0.233. The standard InChI is InChI=1S/C19H22N2O.ClH/c1-14-13-16(11-12-20-14)19(22)21-18-10-6-5-9-17(18)15-7-3-2-4-8-15;/h2-10,14,16,20H,11-13H2,1H3,(H,21,22);1H/t14-,16-;/m0./s1. The zero-order valence-electron chi connectivity index (χ0n) is 13.3. The Labute approximate surface area is 143 Å². The molecule has 4 heteroatoms. The third kappa shape index (κ3) is 4.34. The summed E-state index contributed by atoms with van der Waals surface area (Å²) in [5, 5.41) is 6.52. The van der Waals surface area contributed by atoms with Gasteiger partial charge in [-0.3, -0.25) is 4.79 Å². The predicted molar refractivity (Wildman–Crippen MR) is 97.9 cm³/mol. The van der Waals surface area contributed by atoms with Crippen LogP contribution < -0.4 is 10.6 Å². The van der Waals surface area contributed by atoms with Crippen LogP contribution in [0.3, 0.4) is 0 Å². The highest BCUT2D eigenvalue weighted by Gasteiger charge is 2.25. The third-order valence-corrected chi connectivity index (χ3v) is 4.26. The summed E-state index contributed by atoms with van der Waals surface area (Å²) in [5.41, 5.74) is 3.08. The lowest BCUT2D eigenvalue weighted by Crippen LogP contribution is -2.40. The van der Waals surface area contributed by atoms with Crippen molar-refractivity contribution in [3.63, 3.8) is 0 Å². The van der Waals surface area contributed by atoms with Crippen LogP contribution in [0, 0.1) is 5.92 Å². The number of anilines is 1. The molecule has 122 valence electrons. The number of amides is 1. The minimum atomic E-state index is 0. The minimum Gasteiger partial charge on any atom is -0.325 e. The van der Waals surface area contributed by atoms with Crippen LogP contribution in [-0.2, 0) is 4.79 Å². The van der Waals surface area contributed by atoms with Crippen molar-refractivity contribution in [2.75, 3.05) is 11.9 Å². The molecule has 3 nitrogen and oxygen atoms in total. The van der Waals surface area contributed by atoms with E-state index in [4.69, 9.17) is 0 Å². The molecule has 3 rings (SSSR count). The number of hydrogen-bond donors (Lipinski definition) is 2. The number of piperidine rings is 1. The number of hydrogen-bond acceptors (Lipinski definition) is 2. The van der Waals surface area contributed by atoms with Crippen LogP contribution in [0.2, 0.25) is 0 Å². The van der Waals surface area contributed by atoms with Crippen molar-refractivity contribution >= 4 is 24.0 Å². The Balaban J connectivity index is 0.00000192. The van der Waals surface area contributed by atoms with E-state index in [9.17, 15) is 4.79 Å². The van der Waals surface area contributed by atoms with E-state index in [1.54, 1.807) is 0 Å². The molecule has 0 aromatic heterocycles. The summed E-state index contributed by atoms with van der Waals surface area (Å²) in [6.45, 7) is 3.05. The summed E-state index contributed by atoms with van der Waals surface area (Å²) in [4.78, 5) is 12.6. The molecule has 2 aromatic rings. The second kappa shape index (κ2) is 8.14. The molecule has 0 unspecified atom stereocenters. The van der Waals surface area contributed by atoms with Crippen LogP contribution in [0.1, 0.15) is 19.8 Å². The molecule has 1 fully saturated rings. The molecular formula is C19H23ClN2O. The van der Waals surface area contributed by atoms with Crippen LogP contribution in [0.4, 0.5) is 5.69 Å². The fourth-order valence-electron chi connectivity index (χ4n) is 3.07. The van der Waals surface area contributed by atoms with Crippen molar-refractivity contribution < 1.29 is 4.79 Å². The molecular weight excluding hydrogens is 308 g/mol. The lowest BCUT2D eigenvalue weighted by molar-refractivity contribution is -0.120. The van der Waals surface area contributed by atoms with Crippen molar-refractivity contribution in [1.29, 1.82) is 0 Å². The van der Waals surface area contributed by atoms with Gasteiger partial charge in [0.1, 0.15) is 0 Å². The molecule has 2 N–H and O–H groups in total. The molecule has 1 heterocycles. The zero-order valence-corrected chi connectivity index (χ0v) is 14.1. The number of carbonyl (C=O) groups is 1. The normalized spacial score (nSPS) is 20.4. The third-order valence-electron chi connectivity index (χ3n) is 4.26. The minimum absolute atomic E-state index is 0. The summed E-state index contributed by atoms with van der Waals surface area (Å²) in [6, 6.07) is 18.6. The Bertz CT molecular complexity index is 645. The molecule has 0 saturated carbocycles. The number of para-hydroxylation sites is 1. The molecule has 1 aliphatic rings. The number of carbonyl (C=O) groups excluding carboxylic acids is 1. The first kappa shape index (κ1) is 17.5. The Morgan fingerprint density at radius 3 is 2.52 bits per heavy atom. The Morgan fingerprint density at radius 2 is 1.78 bits per heavy atom. The topological polar surface area (TPSA) is 41.1 Å². The van der Waals surface area contributed by atoms with Crippen molar-refractivity contribution in [3.8, 4) is 11.1 Å². The first-order chi connectivity index (χ1) is 10.7. The lowest BCUT2D eigenvalue weighted by Gasteiger charge is -2.27. The van der Waals surface area contributed by atoms with Gasteiger partial charge in [0.2, 0.25) is 5.91 Å². The van der Waals surface area contributed by atoms with Crippen LogP contribution in [0.5, 0.6) is 0 Å². The first-order valence-electron chi connectivity index (χ1n) is 7.93. The molecule has 2 aromatic carbocycles. The molecule has 0 radical (unpaired) electrons. The van der Waals surface area contributed by atoms with Crippen molar-refractivity contribution in [2.45, 2.75) is 25.8 Å². The SMILES string of the molecule is C[C@H]1C[C@@H](C(=O)Nc2ccccc2-c2ccccc2)CCN1.Cl. The molecule has 2 atom stereocenters. The van der Waals surface area contributed by atoms with Gasteiger partial charge >= 0.3 is 0 Å². The van der Waals surface area contributed by atoms with Gasteiger partial charge in [-0.25, -0.2) is 0 Å². The maximum absolute atomic E-state index is 12.6. The van der Waals surface area contributed by atoms with E-state index in [-0.39, 0.29) is 24.2 Å². The van der Waals surface area contributed by atoms with E-state index in [1.165, 1.54) is 0 Å². The van der Waals surface area contributed by atoms with Gasteiger partial charge in [-0.05, 0) is 37.9 Å². The van der Waals surface area contributed by atoms with E-state index >= 15 is 0 Å². The van der Waals surface area contributed by atoms with Gasteiger partial charge < -0.3 is 10.6 Å². The van der Waals surface area contributed by atoms with Crippen molar-refractivity contribution in [3.05, 3.63) is 54.6 Å². The largest absolute Gasteiger partial charge is 0.325 e. The number of rotatable bonds is 3. The smallest absolute Gasteiger partial charge is 0.227 e. The van der Waals surface area contributed by atoms with Crippen molar-refractivity contribution in [1.82, 2.24) is 5.32 Å². The Hall–Kier alpha value is -1.84. The van der Waals surface area contributed by atoms with E-state index < -0.39 is 0 Å². The van der Waals surface area contributed by atoms with Gasteiger partial charge in [-0.2, -0.15) is 0 Å². The summed E-state index contributed by atoms with van der Waals surface area (Å²) < 4.78 is 0. The molecule has 0 bridgehead atoms. The van der Waals surface area contributed by atoms with Gasteiger partial charge in [0, 0.05) is 23.2 Å². The fourth-order valence-corrected chi connectivity index (χ4v) is 3.07. The van der Waals surface area contributed by atoms with Crippen LogP contribution in [0.15, 0.2) is 54.6 Å². The maximum atomic E-state index is 12.6. The maximum Gasteiger partial charge on any atom is 0.227 e. The summed E-state index contributed by atoms with van der Waals surface area (Å²) >= 11 is 0. The average Bonchev–Trinajstić information content (AvgIpc) is 2.56. The molecule has 23 heavy (non-hydrogen) atoms. The second-order valence-electron chi connectivity index (χ2n) is 5.98. The van der Waals surface area contributed by atoms with Gasteiger partial charge in [-0.1, -0.05) is 48.5 Å². The van der Waals surface area contributed by atoms with E-state index in [1.807, 2.05) is 36.4 Å². The lowest BCUT2D eigenvalue weighted by atomic mass is 9.92. The Kier molecular flexibility index (Phi) is 6.20. The number of halogens is 1. The van der Waals surface area contributed by atoms with E-state index in [0.717, 1.165) is 36.2 Å². The molecule has 1 aliphatic heterocycles. The molecule has 0 spiro atoms. The van der Waals surface area contributed by atoms with Crippen molar-refractivity contribution in [2.24, 2.45) is 5.92 Å². The van der Waals surface area contributed by atoms with Crippen LogP contribution >= 0.6 is 12.4 Å². The highest BCUT2D eigenvalue weighted by Crippen LogP contribution is 2.28. The fraction of sp³-hybridized carbons (Fsp3) is 0.316. The van der Waals surface area contributed by atoms with E-state index in [0.29, 0.717) is 6.04 Å². The Morgan fingerprint density at radius 1 is 1.09 bits per heavy atom. The van der Waals surface area contributed by atoms with Gasteiger partial charge in [0.25, 0.3) is 0 Å². The predicted octanol–water partition coefficient (Wildman–Crippen LogP) is 4.10.